The van der Waals surface area contributed by atoms with Crippen molar-refractivity contribution in [3.05, 3.63) is 35.1 Å². The largest absolute Gasteiger partial charge is 0.342 e. The first-order valence-electron chi connectivity index (χ1n) is 7.84. The number of nitrogens with one attached hydrogen (secondary N) is 1. The van der Waals surface area contributed by atoms with E-state index in [9.17, 15) is 9.18 Å². The third kappa shape index (κ3) is 3.82. The predicted molar refractivity (Wildman–Crippen MR) is 82.8 cm³/mol. The molecule has 21 heavy (non-hydrogen) atoms. The number of aryl methyl sites for hydroxylation is 1. The van der Waals surface area contributed by atoms with Crippen LogP contribution in [-0.2, 0) is 4.79 Å². The van der Waals surface area contributed by atoms with Crippen LogP contribution in [0.2, 0.25) is 0 Å². The van der Waals surface area contributed by atoms with Crippen LogP contribution in [0.3, 0.4) is 0 Å². The summed E-state index contributed by atoms with van der Waals surface area (Å²) in [4.78, 5) is 14.3. The van der Waals surface area contributed by atoms with Crippen molar-refractivity contribution in [1.82, 2.24) is 10.2 Å². The SMILES string of the molecule is CCN(CC)C(=O)C1CC(c2cc(C)cc(F)c2)CCN1. The van der Waals surface area contributed by atoms with Crippen LogP contribution in [0, 0.1) is 12.7 Å². The summed E-state index contributed by atoms with van der Waals surface area (Å²) in [6.07, 6.45) is 1.70. The second-order valence-corrected chi connectivity index (χ2v) is 5.80. The molecule has 3 nitrogen and oxygen atoms in total. The molecule has 1 fully saturated rings. The van der Waals surface area contributed by atoms with Crippen molar-refractivity contribution in [1.29, 1.82) is 0 Å². The summed E-state index contributed by atoms with van der Waals surface area (Å²) in [5.74, 6) is 0.234. The van der Waals surface area contributed by atoms with Crippen LogP contribution in [0.4, 0.5) is 4.39 Å². The summed E-state index contributed by atoms with van der Waals surface area (Å²) in [6.45, 7) is 8.17. The predicted octanol–water partition coefficient (Wildman–Crippen LogP) is 2.84. The van der Waals surface area contributed by atoms with Crippen molar-refractivity contribution >= 4 is 5.91 Å². The maximum atomic E-state index is 13.6. The molecule has 0 spiro atoms. The zero-order chi connectivity index (χ0) is 15.4. The van der Waals surface area contributed by atoms with Gasteiger partial charge < -0.3 is 10.2 Å². The van der Waals surface area contributed by atoms with Gasteiger partial charge in [-0.3, -0.25) is 4.79 Å². The number of piperidine rings is 1. The smallest absolute Gasteiger partial charge is 0.239 e. The van der Waals surface area contributed by atoms with E-state index in [-0.39, 0.29) is 23.7 Å². The third-order valence-electron chi connectivity index (χ3n) is 4.31. The Labute approximate surface area is 126 Å². The minimum Gasteiger partial charge on any atom is -0.342 e. The Morgan fingerprint density at radius 3 is 2.67 bits per heavy atom. The van der Waals surface area contributed by atoms with Gasteiger partial charge in [0.15, 0.2) is 0 Å². The molecular formula is C17H25FN2O. The van der Waals surface area contributed by atoms with Gasteiger partial charge in [-0.1, -0.05) is 6.07 Å². The summed E-state index contributed by atoms with van der Waals surface area (Å²) < 4.78 is 13.6. The second kappa shape index (κ2) is 7.03. The molecule has 0 saturated carbocycles. The van der Waals surface area contributed by atoms with Crippen molar-refractivity contribution in [2.75, 3.05) is 19.6 Å². The van der Waals surface area contributed by atoms with Crippen LogP contribution in [0.15, 0.2) is 18.2 Å². The Morgan fingerprint density at radius 2 is 2.05 bits per heavy atom. The molecule has 2 rings (SSSR count). The normalized spacial score (nSPS) is 22.1. The molecule has 1 amide bonds. The molecule has 1 saturated heterocycles. The van der Waals surface area contributed by atoms with E-state index in [4.69, 9.17) is 0 Å². The van der Waals surface area contributed by atoms with Gasteiger partial charge in [-0.25, -0.2) is 4.39 Å². The number of likely N-dealkylation sites (N-methyl/N-ethyl adjacent to an activating group) is 1. The van der Waals surface area contributed by atoms with Crippen LogP contribution in [0.25, 0.3) is 0 Å². The van der Waals surface area contributed by atoms with Gasteiger partial charge in [0.1, 0.15) is 5.82 Å². The highest BCUT2D eigenvalue weighted by Crippen LogP contribution is 2.29. The van der Waals surface area contributed by atoms with Gasteiger partial charge in [-0.05, 0) is 69.3 Å². The average Bonchev–Trinajstić information content (AvgIpc) is 2.47. The molecule has 0 aliphatic carbocycles. The number of rotatable bonds is 4. The molecule has 0 aromatic heterocycles. The van der Waals surface area contributed by atoms with E-state index in [1.807, 2.05) is 31.7 Å². The average molecular weight is 292 g/mol. The number of carbonyl (C=O) groups excluding carboxylic acids is 1. The number of nitrogens with zero attached hydrogens (tertiary/aromatic N) is 1. The Hall–Kier alpha value is -1.42. The number of halogens is 1. The van der Waals surface area contributed by atoms with Crippen molar-refractivity contribution in [3.63, 3.8) is 0 Å². The lowest BCUT2D eigenvalue weighted by molar-refractivity contribution is -0.133. The van der Waals surface area contributed by atoms with Gasteiger partial charge >= 0.3 is 0 Å². The molecule has 1 aromatic carbocycles. The highest BCUT2D eigenvalue weighted by atomic mass is 19.1. The summed E-state index contributed by atoms with van der Waals surface area (Å²) in [7, 11) is 0. The molecule has 116 valence electrons. The van der Waals surface area contributed by atoms with E-state index in [2.05, 4.69) is 5.32 Å². The Kier molecular flexibility index (Phi) is 5.34. The maximum Gasteiger partial charge on any atom is 0.239 e. The quantitative estimate of drug-likeness (QED) is 0.925. The van der Waals surface area contributed by atoms with Crippen LogP contribution >= 0.6 is 0 Å². The van der Waals surface area contributed by atoms with Crippen LogP contribution in [0.5, 0.6) is 0 Å². The molecular weight excluding hydrogens is 267 g/mol. The number of hydrogen-bond acceptors (Lipinski definition) is 2. The standard InChI is InChI=1S/C17H25FN2O/c1-4-20(5-2)17(21)16-11-13(6-7-19-16)14-8-12(3)9-15(18)10-14/h8-10,13,16,19H,4-7,11H2,1-3H3. The molecule has 1 aliphatic rings. The highest BCUT2D eigenvalue weighted by Gasteiger charge is 2.30. The van der Waals surface area contributed by atoms with E-state index < -0.39 is 0 Å². The zero-order valence-corrected chi connectivity index (χ0v) is 13.2. The van der Waals surface area contributed by atoms with E-state index in [1.165, 1.54) is 0 Å². The zero-order valence-electron chi connectivity index (χ0n) is 13.2. The fourth-order valence-electron chi connectivity index (χ4n) is 3.16. The summed E-state index contributed by atoms with van der Waals surface area (Å²) in [5, 5.41) is 3.31. The molecule has 1 aromatic rings. The minimum absolute atomic E-state index is 0.146. The molecule has 1 heterocycles. The van der Waals surface area contributed by atoms with Crippen LogP contribution in [-0.4, -0.2) is 36.5 Å². The number of hydrogen-bond donors (Lipinski definition) is 1. The summed E-state index contributed by atoms with van der Waals surface area (Å²) >= 11 is 0. The molecule has 1 aliphatic heterocycles. The molecule has 2 atom stereocenters. The van der Waals surface area contributed by atoms with E-state index >= 15 is 0 Å². The third-order valence-corrected chi connectivity index (χ3v) is 4.31. The Bertz CT molecular complexity index is 479. The van der Waals surface area contributed by atoms with Gasteiger partial charge in [0, 0.05) is 13.1 Å². The Balaban J connectivity index is 2.11. The lowest BCUT2D eigenvalue weighted by Gasteiger charge is -2.33. The molecule has 1 N–H and O–H groups in total. The van der Waals surface area contributed by atoms with E-state index in [0.717, 1.165) is 43.6 Å². The molecule has 2 unspecified atom stereocenters. The number of benzene rings is 1. The highest BCUT2D eigenvalue weighted by molar-refractivity contribution is 5.82. The van der Waals surface area contributed by atoms with Crippen LogP contribution in [0.1, 0.15) is 43.7 Å². The molecule has 0 radical (unpaired) electrons. The summed E-state index contributed by atoms with van der Waals surface area (Å²) in [6, 6.07) is 5.05. The van der Waals surface area contributed by atoms with Gasteiger partial charge in [-0.15, -0.1) is 0 Å². The first-order valence-corrected chi connectivity index (χ1v) is 7.84. The van der Waals surface area contributed by atoms with Crippen LogP contribution < -0.4 is 5.32 Å². The number of amides is 1. The van der Waals surface area contributed by atoms with Gasteiger partial charge in [-0.2, -0.15) is 0 Å². The maximum absolute atomic E-state index is 13.6. The topological polar surface area (TPSA) is 32.3 Å². The Morgan fingerprint density at radius 1 is 1.33 bits per heavy atom. The lowest BCUT2D eigenvalue weighted by atomic mass is 9.85. The lowest BCUT2D eigenvalue weighted by Crippen LogP contribution is -2.49. The number of carbonyl (C=O) groups is 1. The van der Waals surface area contributed by atoms with Crippen molar-refractivity contribution in [2.24, 2.45) is 0 Å². The molecule has 0 bridgehead atoms. The monoisotopic (exact) mass is 292 g/mol. The first-order chi connectivity index (χ1) is 10.0. The van der Waals surface area contributed by atoms with Crippen molar-refractivity contribution in [3.8, 4) is 0 Å². The van der Waals surface area contributed by atoms with Crippen molar-refractivity contribution in [2.45, 2.75) is 45.6 Å². The summed E-state index contributed by atoms with van der Waals surface area (Å²) in [5.41, 5.74) is 1.96. The molecule has 4 heteroatoms. The fourth-order valence-corrected chi connectivity index (χ4v) is 3.16. The second-order valence-electron chi connectivity index (χ2n) is 5.80. The fraction of sp³-hybridized carbons (Fsp3) is 0.588. The minimum atomic E-state index is -0.185. The van der Waals surface area contributed by atoms with E-state index in [0.29, 0.717) is 0 Å². The van der Waals surface area contributed by atoms with Gasteiger partial charge in [0.25, 0.3) is 0 Å². The van der Waals surface area contributed by atoms with E-state index in [1.54, 1.807) is 12.1 Å². The van der Waals surface area contributed by atoms with Crippen molar-refractivity contribution < 1.29 is 9.18 Å². The van der Waals surface area contributed by atoms with Gasteiger partial charge in [0.05, 0.1) is 6.04 Å². The first kappa shape index (κ1) is 16.0. The van der Waals surface area contributed by atoms with Gasteiger partial charge in [0.2, 0.25) is 5.91 Å².